The van der Waals surface area contributed by atoms with Gasteiger partial charge in [-0.15, -0.1) is 5.10 Å². The number of aromatic nitrogens is 3. The maximum Gasteiger partial charge on any atom is 0.263 e. The summed E-state index contributed by atoms with van der Waals surface area (Å²) in [6.45, 7) is 1.01. The molecule has 210 valence electrons. The molecule has 1 aromatic carbocycles. The van der Waals surface area contributed by atoms with Crippen LogP contribution in [0.1, 0.15) is 40.7 Å². The first-order valence-electron chi connectivity index (χ1n) is 13.0. The SMILES string of the molecule is CN(C)[C@@H]1CCN(S(=O)(=O)C2(COc3nncc4cc(C(=O)NCc5ccc(C#N)cc5)c(=O)n(C)c34)CC2)C1. The number of carbonyl (C=O) groups excluding carboxylic acids is 1. The first kappa shape index (κ1) is 27.7. The third-order valence-electron chi connectivity index (χ3n) is 7.80. The Bertz CT molecular complexity index is 1660. The largest absolute Gasteiger partial charge is 0.473 e. The number of hydrogen-bond acceptors (Lipinski definition) is 9. The number of hydrogen-bond donors (Lipinski definition) is 1. The summed E-state index contributed by atoms with van der Waals surface area (Å²) in [6, 6.07) is 10.4. The molecule has 0 spiro atoms. The highest BCUT2D eigenvalue weighted by molar-refractivity contribution is 7.90. The Morgan fingerprint density at radius 2 is 2.00 bits per heavy atom. The number of carbonyl (C=O) groups is 1. The molecule has 3 aromatic rings. The van der Waals surface area contributed by atoms with Crippen LogP contribution in [0.15, 0.2) is 41.3 Å². The van der Waals surface area contributed by atoms with Crippen molar-refractivity contribution in [2.75, 3.05) is 33.8 Å². The second-order valence-electron chi connectivity index (χ2n) is 10.6. The van der Waals surface area contributed by atoms with Gasteiger partial charge in [-0.3, -0.25) is 9.59 Å². The molecule has 0 radical (unpaired) electrons. The zero-order chi connectivity index (χ0) is 28.7. The van der Waals surface area contributed by atoms with Gasteiger partial charge in [0.2, 0.25) is 10.0 Å². The van der Waals surface area contributed by atoms with Crippen molar-refractivity contribution in [3.05, 3.63) is 63.6 Å². The number of pyridine rings is 1. The lowest BCUT2D eigenvalue weighted by Gasteiger charge is -2.25. The van der Waals surface area contributed by atoms with E-state index in [1.54, 1.807) is 28.6 Å². The van der Waals surface area contributed by atoms with Crippen molar-refractivity contribution in [1.29, 1.82) is 5.26 Å². The number of amides is 1. The number of rotatable bonds is 9. The summed E-state index contributed by atoms with van der Waals surface area (Å²) in [6.07, 6.45) is 3.18. The molecular weight excluding hydrogens is 534 g/mol. The van der Waals surface area contributed by atoms with Gasteiger partial charge in [-0.1, -0.05) is 12.1 Å². The van der Waals surface area contributed by atoms with Gasteiger partial charge in [-0.2, -0.15) is 14.7 Å². The molecule has 1 atom stereocenters. The molecule has 2 aliphatic rings. The minimum absolute atomic E-state index is 0.0377. The van der Waals surface area contributed by atoms with Gasteiger partial charge in [0, 0.05) is 38.1 Å². The van der Waals surface area contributed by atoms with Crippen LogP contribution >= 0.6 is 0 Å². The molecule has 1 amide bonds. The Morgan fingerprint density at radius 1 is 1.27 bits per heavy atom. The molecule has 2 fully saturated rings. The van der Waals surface area contributed by atoms with E-state index < -0.39 is 26.2 Å². The molecule has 2 aromatic heterocycles. The predicted molar refractivity (Wildman–Crippen MR) is 147 cm³/mol. The summed E-state index contributed by atoms with van der Waals surface area (Å²) >= 11 is 0. The van der Waals surface area contributed by atoms with Crippen molar-refractivity contribution >= 4 is 26.8 Å². The number of nitriles is 1. The molecule has 0 unspecified atom stereocenters. The van der Waals surface area contributed by atoms with E-state index in [9.17, 15) is 18.0 Å². The Hall–Kier alpha value is -3.86. The molecule has 1 N–H and O–H groups in total. The van der Waals surface area contributed by atoms with Crippen LogP contribution in [0.5, 0.6) is 5.88 Å². The maximum atomic E-state index is 13.5. The van der Waals surface area contributed by atoms with Crippen LogP contribution < -0.4 is 15.6 Å². The molecule has 40 heavy (non-hydrogen) atoms. The molecule has 1 aliphatic carbocycles. The lowest BCUT2D eigenvalue weighted by atomic mass is 10.1. The monoisotopic (exact) mass is 565 g/mol. The first-order valence-corrected chi connectivity index (χ1v) is 14.4. The standard InChI is InChI=1S/C27H31N7O5S/c1-32(2)21-8-11-34(16-21)40(37,38)27(9-10-27)17-39-25-23-20(15-30-31-25)12-22(26(36)33(23)3)24(35)29-14-19-6-4-18(13-28)5-7-19/h4-7,12,15,21H,8-11,14,16-17H2,1-3H3,(H,29,35)/t21-/m1/s1. The van der Waals surface area contributed by atoms with Crippen LogP contribution in [0.2, 0.25) is 0 Å². The van der Waals surface area contributed by atoms with Crippen molar-refractivity contribution in [2.45, 2.75) is 36.6 Å². The van der Waals surface area contributed by atoms with Crippen molar-refractivity contribution < 1.29 is 17.9 Å². The number of fused-ring (bicyclic) bond motifs is 1. The summed E-state index contributed by atoms with van der Waals surface area (Å²) in [5.74, 6) is -0.522. The van der Waals surface area contributed by atoms with Crippen LogP contribution in [-0.2, 0) is 23.6 Å². The number of benzene rings is 1. The van der Waals surface area contributed by atoms with Crippen molar-refractivity contribution in [3.8, 4) is 11.9 Å². The van der Waals surface area contributed by atoms with Gasteiger partial charge in [0.25, 0.3) is 17.3 Å². The smallest absolute Gasteiger partial charge is 0.263 e. The van der Waals surface area contributed by atoms with Gasteiger partial charge in [0.1, 0.15) is 22.4 Å². The van der Waals surface area contributed by atoms with Crippen molar-refractivity contribution in [2.24, 2.45) is 7.05 Å². The molecule has 5 rings (SSSR count). The quantitative estimate of drug-likeness (QED) is 0.401. The highest BCUT2D eigenvalue weighted by Gasteiger charge is 2.58. The van der Waals surface area contributed by atoms with Crippen LogP contribution in [-0.4, -0.2) is 82.9 Å². The van der Waals surface area contributed by atoms with E-state index in [0.717, 1.165) is 12.0 Å². The lowest BCUT2D eigenvalue weighted by Crippen LogP contribution is -2.43. The molecular formula is C27H31N7O5S. The van der Waals surface area contributed by atoms with Gasteiger partial charge in [0.05, 0.1) is 17.8 Å². The summed E-state index contributed by atoms with van der Waals surface area (Å²) in [4.78, 5) is 28.1. The number of nitrogens with zero attached hydrogens (tertiary/aromatic N) is 6. The molecule has 12 nitrogen and oxygen atoms in total. The van der Waals surface area contributed by atoms with Crippen LogP contribution in [0.25, 0.3) is 10.9 Å². The zero-order valence-electron chi connectivity index (χ0n) is 22.6. The second kappa shape index (κ2) is 10.6. The number of likely N-dealkylation sites (N-methyl/N-ethyl adjacent to an activating group) is 1. The molecule has 1 saturated heterocycles. The molecule has 1 aliphatic heterocycles. The number of sulfonamides is 1. The van der Waals surface area contributed by atoms with Gasteiger partial charge < -0.3 is 19.5 Å². The van der Waals surface area contributed by atoms with Gasteiger partial charge in [-0.25, -0.2) is 8.42 Å². The van der Waals surface area contributed by atoms with Gasteiger partial charge in [0.15, 0.2) is 0 Å². The zero-order valence-corrected chi connectivity index (χ0v) is 23.4. The molecule has 0 bridgehead atoms. The van der Waals surface area contributed by atoms with Crippen LogP contribution in [0, 0.1) is 11.3 Å². The Morgan fingerprint density at radius 3 is 2.62 bits per heavy atom. The molecule has 13 heteroatoms. The predicted octanol–water partition coefficient (Wildman–Crippen LogP) is 1.01. The molecule has 3 heterocycles. The summed E-state index contributed by atoms with van der Waals surface area (Å²) in [7, 11) is 1.81. The highest BCUT2D eigenvalue weighted by Crippen LogP contribution is 2.46. The van der Waals surface area contributed by atoms with Gasteiger partial charge >= 0.3 is 0 Å². The normalized spacial score (nSPS) is 18.5. The Labute approximate surface area is 232 Å². The van der Waals surface area contributed by atoms with Crippen molar-refractivity contribution in [1.82, 2.24) is 29.3 Å². The number of ether oxygens (including phenoxy) is 1. The average molecular weight is 566 g/mol. The van der Waals surface area contributed by atoms with E-state index in [-0.39, 0.29) is 30.6 Å². The van der Waals surface area contributed by atoms with E-state index in [4.69, 9.17) is 10.00 Å². The topological polar surface area (TPSA) is 151 Å². The minimum Gasteiger partial charge on any atom is -0.473 e. The number of nitrogens with one attached hydrogen (secondary N) is 1. The maximum absolute atomic E-state index is 13.5. The average Bonchev–Trinajstić information content (AvgIpc) is 3.58. The van der Waals surface area contributed by atoms with Crippen LogP contribution in [0.3, 0.4) is 0 Å². The third kappa shape index (κ3) is 5.05. The van der Waals surface area contributed by atoms with Gasteiger partial charge in [-0.05, 0) is 57.1 Å². The summed E-state index contributed by atoms with van der Waals surface area (Å²) in [5.41, 5.74) is 0.987. The highest BCUT2D eigenvalue weighted by atomic mass is 32.2. The molecule has 1 saturated carbocycles. The van der Waals surface area contributed by atoms with E-state index in [0.29, 0.717) is 42.4 Å². The third-order valence-corrected chi connectivity index (χ3v) is 10.4. The Kier molecular flexibility index (Phi) is 7.34. The lowest BCUT2D eigenvalue weighted by molar-refractivity contribution is 0.0949. The van der Waals surface area contributed by atoms with E-state index >= 15 is 0 Å². The van der Waals surface area contributed by atoms with E-state index in [1.807, 2.05) is 25.1 Å². The van der Waals surface area contributed by atoms with Crippen molar-refractivity contribution in [3.63, 3.8) is 0 Å². The summed E-state index contributed by atoms with van der Waals surface area (Å²) in [5, 5.41) is 20.1. The second-order valence-corrected chi connectivity index (χ2v) is 12.9. The summed E-state index contributed by atoms with van der Waals surface area (Å²) < 4.78 is 34.7. The fraction of sp³-hybridized carbons (Fsp3) is 0.444. The fourth-order valence-electron chi connectivity index (χ4n) is 4.99. The fourth-order valence-corrected chi connectivity index (χ4v) is 7.08. The van der Waals surface area contributed by atoms with E-state index in [1.165, 1.54) is 23.9 Å². The minimum atomic E-state index is -3.59. The Balaban J connectivity index is 1.33. The first-order chi connectivity index (χ1) is 19.1. The number of aryl methyl sites for hydroxylation is 1. The van der Waals surface area contributed by atoms with Crippen LogP contribution in [0.4, 0.5) is 0 Å². The van der Waals surface area contributed by atoms with E-state index in [2.05, 4.69) is 15.5 Å².